The van der Waals surface area contributed by atoms with E-state index in [4.69, 9.17) is 0 Å². The van der Waals surface area contributed by atoms with E-state index in [9.17, 15) is 4.79 Å². The number of carbonyl (C=O) groups is 1. The van der Waals surface area contributed by atoms with Crippen LogP contribution in [0, 0.1) is 20.8 Å². The van der Waals surface area contributed by atoms with Crippen molar-refractivity contribution in [1.82, 2.24) is 24.3 Å². The van der Waals surface area contributed by atoms with Crippen LogP contribution < -0.4 is 0 Å². The van der Waals surface area contributed by atoms with Crippen LogP contribution in [0.3, 0.4) is 0 Å². The molecule has 1 fully saturated rings. The molecular weight excluding hydrogens is 310 g/mol. The average Bonchev–Trinajstić information content (AvgIpc) is 3.10. The first-order valence-electron chi connectivity index (χ1n) is 7.98. The Hall–Kier alpha value is -1.73. The predicted molar refractivity (Wildman–Crippen MR) is 90.9 cm³/mol. The highest BCUT2D eigenvalue weighted by atomic mass is 32.1. The Morgan fingerprint density at radius 1 is 1.17 bits per heavy atom. The highest BCUT2D eigenvalue weighted by Crippen LogP contribution is 2.20. The maximum atomic E-state index is 12.6. The molecule has 0 N–H and O–H groups in total. The summed E-state index contributed by atoms with van der Waals surface area (Å²) >= 11 is 1.50. The number of carbonyl (C=O) groups excluding carboxylic acids is 1. The maximum absolute atomic E-state index is 12.6. The number of piperazine rings is 1. The Balaban J connectivity index is 1.51. The summed E-state index contributed by atoms with van der Waals surface area (Å²) in [4.78, 5) is 26.4. The Bertz CT molecular complexity index is 684. The number of imidazole rings is 1. The summed E-state index contributed by atoms with van der Waals surface area (Å²) in [6.45, 7) is 11.3. The van der Waals surface area contributed by atoms with Gasteiger partial charge < -0.3 is 9.47 Å². The Kier molecular flexibility index (Phi) is 4.77. The Labute approximate surface area is 140 Å². The van der Waals surface area contributed by atoms with Gasteiger partial charge in [0.2, 0.25) is 0 Å². The first kappa shape index (κ1) is 16.1. The van der Waals surface area contributed by atoms with Gasteiger partial charge in [0.25, 0.3) is 5.91 Å². The number of rotatable bonds is 4. The van der Waals surface area contributed by atoms with Crippen molar-refractivity contribution in [3.05, 3.63) is 33.8 Å². The topological polar surface area (TPSA) is 54.3 Å². The molecule has 0 atom stereocenters. The third-order valence-corrected chi connectivity index (χ3v) is 5.40. The van der Waals surface area contributed by atoms with E-state index in [0.717, 1.165) is 60.7 Å². The normalized spacial score (nSPS) is 16.0. The molecule has 0 spiro atoms. The second kappa shape index (κ2) is 6.80. The van der Waals surface area contributed by atoms with Crippen LogP contribution in [0.4, 0.5) is 0 Å². The molecule has 0 radical (unpaired) electrons. The lowest BCUT2D eigenvalue weighted by Gasteiger charge is -2.34. The Morgan fingerprint density at radius 2 is 1.91 bits per heavy atom. The summed E-state index contributed by atoms with van der Waals surface area (Å²) < 4.78 is 2.17. The van der Waals surface area contributed by atoms with Crippen LogP contribution in [0.1, 0.15) is 26.2 Å². The van der Waals surface area contributed by atoms with Crippen LogP contribution in [-0.4, -0.2) is 63.0 Å². The second-order valence-electron chi connectivity index (χ2n) is 5.95. The van der Waals surface area contributed by atoms with Crippen LogP contribution in [0.15, 0.2) is 12.4 Å². The van der Waals surface area contributed by atoms with Gasteiger partial charge in [0, 0.05) is 51.7 Å². The Morgan fingerprint density at radius 3 is 2.48 bits per heavy atom. The van der Waals surface area contributed by atoms with Crippen molar-refractivity contribution in [2.75, 3.05) is 32.7 Å². The fraction of sp³-hybridized carbons (Fsp3) is 0.562. The van der Waals surface area contributed by atoms with Crippen molar-refractivity contribution >= 4 is 17.2 Å². The molecule has 3 heterocycles. The minimum Gasteiger partial charge on any atom is -0.335 e. The highest BCUT2D eigenvalue weighted by Gasteiger charge is 2.24. The fourth-order valence-corrected chi connectivity index (χ4v) is 3.82. The largest absolute Gasteiger partial charge is 0.335 e. The van der Waals surface area contributed by atoms with Crippen LogP contribution >= 0.6 is 11.3 Å². The zero-order valence-corrected chi connectivity index (χ0v) is 14.8. The van der Waals surface area contributed by atoms with Gasteiger partial charge >= 0.3 is 0 Å². The summed E-state index contributed by atoms with van der Waals surface area (Å²) in [6.07, 6.45) is 3.86. The lowest BCUT2D eigenvalue weighted by Crippen LogP contribution is -2.49. The van der Waals surface area contributed by atoms with Crippen LogP contribution in [0.25, 0.3) is 0 Å². The van der Waals surface area contributed by atoms with Crippen LogP contribution in [0.5, 0.6) is 0 Å². The van der Waals surface area contributed by atoms with Gasteiger partial charge in [-0.3, -0.25) is 9.69 Å². The number of thiazole rings is 1. The number of nitrogens with zero attached hydrogens (tertiary/aromatic N) is 5. The van der Waals surface area contributed by atoms with Gasteiger partial charge in [0.15, 0.2) is 0 Å². The van der Waals surface area contributed by atoms with Crippen molar-refractivity contribution in [2.24, 2.45) is 0 Å². The van der Waals surface area contributed by atoms with Gasteiger partial charge in [-0.15, -0.1) is 11.3 Å². The molecule has 6 nitrogen and oxygen atoms in total. The van der Waals surface area contributed by atoms with Gasteiger partial charge in [0.1, 0.15) is 10.7 Å². The molecule has 23 heavy (non-hydrogen) atoms. The smallest absolute Gasteiger partial charge is 0.265 e. The summed E-state index contributed by atoms with van der Waals surface area (Å²) in [5.41, 5.74) is 0.857. The van der Waals surface area contributed by atoms with E-state index in [1.165, 1.54) is 11.3 Å². The molecule has 0 saturated carbocycles. The lowest BCUT2D eigenvalue weighted by atomic mass is 10.2. The van der Waals surface area contributed by atoms with Gasteiger partial charge in [-0.05, 0) is 20.8 Å². The van der Waals surface area contributed by atoms with Crippen LogP contribution in [0.2, 0.25) is 0 Å². The SMILES string of the molecule is Cc1nc(C)c(C(=O)N2CCN(CCn3ccnc3C)CC2)s1. The first-order valence-corrected chi connectivity index (χ1v) is 8.79. The van der Waals surface area contributed by atoms with E-state index < -0.39 is 0 Å². The summed E-state index contributed by atoms with van der Waals surface area (Å²) in [6, 6.07) is 0. The fourth-order valence-electron chi connectivity index (χ4n) is 2.94. The molecule has 3 rings (SSSR count). The lowest BCUT2D eigenvalue weighted by molar-refractivity contribution is 0.0637. The molecule has 0 aliphatic carbocycles. The average molecular weight is 333 g/mol. The van der Waals surface area contributed by atoms with E-state index in [1.807, 2.05) is 38.1 Å². The molecule has 124 valence electrons. The minimum absolute atomic E-state index is 0.137. The minimum atomic E-state index is 0.137. The van der Waals surface area contributed by atoms with E-state index in [2.05, 4.69) is 19.4 Å². The van der Waals surface area contributed by atoms with E-state index in [1.54, 1.807) is 0 Å². The summed E-state index contributed by atoms with van der Waals surface area (Å²) in [5.74, 6) is 1.19. The molecule has 2 aromatic heterocycles. The molecule has 0 aromatic carbocycles. The number of hydrogen-bond donors (Lipinski definition) is 0. The van der Waals surface area contributed by atoms with Crippen molar-refractivity contribution in [3.63, 3.8) is 0 Å². The van der Waals surface area contributed by atoms with E-state index in [-0.39, 0.29) is 5.91 Å². The third kappa shape index (κ3) is 3.61. The number of aromatic nitrogens is 3. The van der Waals surface area contributed by atoms with Crippen molar-refractivity contribution in [1.29, 1.82) is 0 Å². The van der Waals surface area contributed by atoms with E-state index in [0.29, 0.717) is 0 Å². The molecule has 2 aromatic rings. The van der Waals surface area contributed by atoms with Crippen molar-refractivity contribution in [2.45, 2.75) is 27.3 Å². The van der Waals surface area contributed by atoms with E-state index >= 15 is 0 Å². The molecule has 7 heteroatoms. The summed E-state index contributed by atoms with van der Waals surface area (Å²) in [7, 11) is 0. The standard InChI is InChI=1S/C16H23N5OS/c1-12-15(23-14(3)18-12)16(22)21-10-7-19(8-11-21)6-9-20-5-4-17-13(20)2/h4-5H,6-11H2,1-3H3. The third-order valence-electron chi connectivity index (χ3n) is 4.34. The number of amides is 1. The van der Waals surface area contributed by atoms with Crippen molar-refractivity contribution < 1.29 is 4.79 Å². The quantitative estimate of drug-likeness (QED) is 0.855. The van der Waals surface area contributed by atoms with Gasteiger partial charge in [-0.2, -0.15) is 0 Å². The molecular formula is C16H23N5OS. The maximum Gasteiger partial charge on any atom is 0.265 e. The summed E-state index contributed by atoms with van der Waals surface area (Å²) in [5, 5.41) is 0.959. The number of hydrogen-bond acceptors (Lipinski definition) is 5. The second-order valence-corrected chi connectivity index (χ2v) is 7.15. The molecule has 1 aliphatic rings. The predicted octanol–water partition coefficient (Wildman–Crippen LogP) is 1.72. The monoisotopic (exact) mass is 333 g/mol. The zero-order chi connectivity index (χ0) is 16.4. The molecule has 1 saturated heterocycles. The molecule has 1 amide bonds. The molecule has 0 bridgehead atoms. The highest BCUT2D eigenvalue weighted by molar-refractivity contribution is 7.13. The van der Waals surface area contributed by atoms with Gasteiger partial charge in [-0.1, -0.05) is 0 Å². The van der Waals surface area contributed by atoms with Crippen LogP contribution in [-0.2, 0) is 6.54 Å². The van der Waals surface area contributed by atoms with Gasteiger partial charge in [0.05, 0.1) is 10.7 Å². The molecule has 1 aliphatic heterocycles. The zero-order valence-electron chi connectivity index (χ0n) is 13.9. The first-order chi connectivity index (χ1) is 11.0. The van der Waals surface area contributed by atoms with Gasteiger partial charge in [-0.25, -0.2) is 9.97 Å². The van der Waals surface area contributed by atoms with Crippen molar-refractivity contribution in [3.8, 4) is 0 Å². The number of aryl methyl sites for hydroxylation is 3. The molecule has 0 unspecified atom stereocenters.